The van der Waals surface area contributed by atoms with E-state index >= 15 is 0 Å². The number of carbonyl (C=O) groups is 1. The summed E-state index contributed by atoms with van der Waals surface area (Å²) in [5.74, 6) is 0.689. The smallest absolute Gasteiger partial charge is 0.241 e. The highest BCUT2D eigenvalue weighted by Crippen LogP contribution is 2.19. The molecule has 1 aromatic heterocycles. The predicted molar refractivity (Wildman–Crippen MR) is 80.0 cm³/mol. The highest BCUT2D eigenvalue weighted by atomic mass is 16.3. The highest BCUT2D eigenvalue weighted by Gasteiger charge is 2.25. The van der Waals surface area contributed by atoms with Crippen molar-refractivity contribution in [2.45, 2.75) is 13.5 Å². The van der Waals surface area contributed by atoms with Gasteiger partial charge in [0.15, 0.2) is 5.89 Å². The number of anilines is 1. The number of oxazole rings is 1. The standard InChI is InChI=1S/C16H16N4O2/c1-12-18-14(11-22-12)9-19-6-7-20(16(21)10-19)15-4-2-13(8-17)3-5-15/h2-5,11H,6-7,9-10H2,1H3. The van der Waals surface area contributed by atoms with E-state index in [1.807, 2.05) is 12.1 Å². The summed E-state index contributed by atoms with van der Waals surface area (Å²) in [5.41, 5.74) is 2.27. The fourth-order valence-corrected chi connectivity index (χ4v) is 2.56. The normalized spacial score (nSPS) is 15.8. The lowest BCUT2D eigenvalue weighted by atomic mass is 10.2. The van der Waals surface area contributed by atoms with Crippen molar-refractivity contribution in [1.82, 2.24) is 9.88 Å². The number of nitriles is 1. The van der Waals surface area contributed by atoms with Crippen LogP contribution in [0.4, 0.5) is 5.69 Å². The molecule has 1 aromatic carbocycles. The third-order valence-electron chi connectivity index (χ3n) is 3.66. The number of carbonyl (C=O) groups excluding carboxylic acids is 1. The maximum atomic E-state index is 12.3. The fourth-order valence-electron chi connectivity index (χ4n) is 2.56. The molecule has 1 aliphatic heterocycles. The molecule has 1 aliphatic rings. The second-order valence-electron chi connectivity index (χ2n) is 5.27. The van der Waals surface area contributed by atoms with Crippen LogP contribution in [0, 0.1) is 18.3 Å². The Morgan fingerprint density at radius 2 is 2.09 bits per heavy atom. The molecule has 2 heterocycles. The second kappa shape index (κ2) is 6.00. The highest BCUT2D eigenvalue weighted by molar-refractivity contribution is 5.95. The summed E-state index contributed by atoms with van der Waals surface area (Å²) in [5, 5.41) is 8.82. The average molecular weight is 296 g/mol. The molecule has 0 atom stereocenters. The molecule has 2 aromatic rings. The third-order valence-corrected chi connectivity index (χ3v) is 3.66. The summed E-state index contributed by atoms with van der Waals surface area (Å²) >= 11 is 0. The first-order chi connectivity index (χ1) is 10.7. The van der Waals surface area contributed by atoms with E-state index in [-0.39, 0.29) is 5.91 Å². The Bertz CT molecular complexity index is 714. The number of benzene rings is 1. The van der Waals surface area contributed by atoms with Crippen molar-refractivity contribution in [2.75, 3.05) is 24.5 Å². The van der Waals surface area contributed by atoms with Crippen LogP contribution in [0.15, 0.2) is 34.9 Å². The van der Waals surface area contributed by atoms with Gasteiger partial charge in [-0.15, -0.1) is 0 Å². The maximum Gasteiger partial charge on any atom is 0.241 e. The monoisotopic (exact) mass is 296 g/mol. The average Bonchev–Trinajstić information content (AvgIpc) is 2.93. The molecule has 3 rings (SSSR count). The van der Waals surface area contributed by atoms with Gasteiger partial charge in [0.2, 0.25) is 5.91 Å². The SMILES string of the molecule is Cc1nc(CN2CCN(c3ccc(C#N)cc3)C(=O)C2)co1. The van der Waals surface area contributed by atoms with Crippen molar-refractivity contribution in [1.29, 1.82) is 5.26 Å². The third kappa shape index (κ3) is 3.00. The number of aromatic nitrogens is 1. The topological polar surface area (TPSA) is 73.4 Å². The van der Waals surface area contributed by atoms with E-state index in [4.69, 9.17) is 9.68 Å². The van der Waals surface area contributed by atoms with Crippen LogP contribution in [-0.2, 0) is 11.3 Å². The Morgan fingerprint density at radius 1 is 1.32 bits per heavy atom. The minimum absolute atomic E-state index is 0.0520. The van der Waals surface area contributed by atoms with Gasteiger partial charge in [0.1, 0.15) is 6.26 Å². The Morgan fingerprint density at radius 3 is 2.68 bits per heavy atom. The summed E-state index contributed by atoms with van der Waals surface area (Å²) in [4.78, 5) is 20.4. The van der Waals surface area contributed by atoms with Gasteiger partial charge in [0, 0.05) is 32.2 Å². The quantitative estimate of drug-likeness (QED) is 0.862. The minimum Gasteiger partial charge on any atom is -0.449 e. The van der Waals surface area contributed by atoms with Gasteiger partial charge in [-0.25, -0.2) is 4.98 Å². The Labute approximate surface area is 128 Å². The summed E-state index contributed by atoms with van der Waals surface area (Å²) in [6.45, 7) is 4.17. The van der Waals surface area contributed by atoms with E-state index in [1.54, 1.807) is 30.2 Å². The van der Waals surface area contributed by atoms with Gasteiger partial charge in [-0.2, -0.15) is 5.26 Å². The Balaban J connectivity index is 1.64. The number of hydrogen-bond donors (Lipinski definition) is 0. The van der Waals surface area contributed by atoms with E-state index in [1.165, 1.54) is 0 Å². The van der Waals surface area contributed by atoms with E-state index in [2.05, 4.69) is 16.0 Å². The van der Waals surface area contributed by atoms with E-state index < -0.39 is 0 Å². The summed E-state index contributed by atoms with van der Waals surface area (Å²) in [6.07, 6.45) is 1.63. The molecular weight excluding hydrogens is 280 g/mol. The molecule has 0 saturated carbocycles. The lowest BCUT2D eigenvalue weighted by molar-refractivity contribution is -0.121. The van der Waals surface area contributed by atoms with Crippen LogP contribution in [0.3, 0.4) is 0 Å². The molecule has 6 nitrogen and oxygen atoms in total. The Hall–Kier alpha value is -2.65. The molecule has 22 heavy (non-hydrogen) atoms. The summed E-state index contributed by atoms with van der Waals surface area (Å²) < 4.78 is 5.19. The number of hydrogen-bond acceptors (Lipinski definition) is 5. The van der Waals surface area contributed by atoms with Gasteiger partial charge in [-0.05, 0) is 24.3 Å². The number of nitrogens with zero attached hydrogens (tertiary/aromatic N) is 4. The molecule has 0 aliphatic carbocycles. The van der Waals surface area contributed by atoms with Crippen LogP contribution < -0.4 is 4.90 Å². The molecule has 0 unspecified atom stereocenters. The van der Waals surface area contributed by atoms with Crippen molar-refractivity contribution < 1.29 is 9.21 Å². The Kier molecular flexibility index (Phi) is 3.90. The molecule has 0 radical (unpaired) electrons. The zero-order valence-corrected chi connectivity index (χ0v) is 12.3. The largest absolute Gasteiger partial charge is 0.449 e. The van der Waals surface area contributed by atoms with E-state index in [0.717, 1.165) is 17.9 Å². The summed E-state index contributed by atoms with van der Waals surface area (Å²) in [7, 11) is 0. The maximum absolute atomic E-state index is 12.3. The van der Waals surface area contributed by atoms with Crippen molar-refractivity contribution in [3.05, 3.63) is 47.7 Å². The van der Waals surface area contributed by atoms with E-state index in [9.17, 15) is 4.79 Å². The number of amides is 1. The van der Waals surface area contributed by atoms with E-state index in [0.29, 0.717) is 31.1 Å². The molecule has 1 amide bonds. The fraction of sp³-hybridized carbons (Fsp3) is 0.312. The van der Waals surface area contributed by atoms with Gasteiger partial charge in [-0.1, -0.05) is 0 Å². The van der Waals surface area contributed by atoms with Gasteiger partial charge in [-0.3, -0.25) is 9.69 Å². The number of rotatable bonds is 3. The first-order valence-electron chi connectivity index (χ1n) is 7.09. The van der Waals surface area contributed by atoms with Crippen LogP contribution in [0.5, 0.6) is 0 Å². The molecule has 0 bridgehead atoms. The van der Waals surface area contributed by atoms with Gasteiger partial charge in [0.05, 0.1) is 23.9 Å². The van der Waals surface area contributed by atoms with Crippen LogP contribution in [0.2, 0.25) is 0 Å². The van der Waals surface area contributed by atoms with Crippen molar-refractivity contribution in [2.24, 2.45) is 0 Å². The van der Waals surface area contributed by atoms with Gasteiger partial charge >= 0.3 is 0 Å². The molecule has 0 N–H and O–H groups in total. The first-order valence-corrected chi connectivity index (χ1v) is 7.09. The molecule has 0 spiro atoms. The van der Waals surface area contributed by atoms with Gasteiger partial charge in [0.25, 0.3) is 0 Å². The van der Waals surface area contributed by atoms with Crippen LogP contribution in [0.25, 0.3) is 0 Å². The van der Waals surface area contributed by atoms with Crippen LogP contribution in [0.1, 0.15) is 17.1 Å². The van der Waals surface area contributed by atoms with Crippen molar-refractivity contribution >= 4 is 11.6 Å². The minimum atomic E-state index is 0.0520. The van der Waals surface area contributed by atoms with Crippen molar-refractivity contribution in [3.63, 3.8) is 0 Å². The molecular formula is C16H16N4O2. The zero-order chi connectivity index (χ0) is 15.5. The van der Waals surface area contributed by atoms with Gasteiger partial charge < -0.3 is 9.32 Å². The number of aryl methyl sites for hydroxylation is 1. The first kappa shape index (κ1) is 14.3. The van der Waals surface area contributed by atoms with Crippen LogP contribution >= 0.6 is 0 Å². The molecule has 1 saturated heterocycles. The predicted octanol–water partition coefficient (Wildman–Crippen LogP) is 1.70. The number of piperazine rings is 1. The molecule has 6 heteroatoms. The van der Waals surface area contributed by atoms with Crippen LogP contribution in [-0.4, -0.2) is 35.4 Å². The molecule has 112 valence electrons. The lowest BCUT2D eigenvalue weighted by Gasteiger charge is -2.33. The summed E-state index contributed by atoms with van der Waals surface area (Å²) in [6, 6.07) is 9.16. The molecule has 1 fully saturated rings. The zero-order valence-electron chi connectivity index (χ0n) is 12.3. The second-order valence-corrected chi connectivity index (χ2v) is 5.27. The lowest BCUT2D eigenvalue weighted by Crippen LogP contribution is -2.50. The van der Waals surface area contributed by atoms with Crippen molar-refractivity contribution in [3.8, 4) is 6.07 Å².